The number of carbonyl (C=O) groups is 1. The molecule has 0 bridgehead atoms. The van der Waals surface area contributed by atoms with Crippen molar-refractivity contribution in [1.29, 1.82) is 0 Å². The third-order valence-corrected chi connectivity index (χ3v) is 3.97. The zero-order chi connectivity index (χ0) is 13.0. The summed E-state index contributed by atoms with van der Waals surface area (Å²) in [6.07, 6.45) is 6.11. The summed E-state index contributed by atoms with van der Waals surface area (Å²) in [6.45, 7) is 2.16. The average molecular weight is 246 g/mol. The zero-order valence-corrected chi connectivity index (χ0v) is 11.4. The first-order chi connectivity index (χ1) is 8.72. The number of rotatable bonds is 5. The highest BCUT2D eigenvalue weighted by atomic mass is 16.5. The summed E-state index contributed by atoms with van der Waals surface area (Å²) < 4.78 is 5.54. The van der Waals surface area contributed by atoms with E-state index < -0.39 is 5.60 Å². The average Bonchev–Trinajstić information content (AvgIpc) is 2.89. The molecule has 0 saturated heterocycles. The number of ether oxygens (including phenoxy) is 1. The molecule has 1 saturated carbocycles. The van der Waals surface area contributed by atoms with Gasteiger partial charge in [-0.3, -0.25) is 4.79 Å². The first-order valence-corrected chi connectivity index (χ1v) is 6.91. The Morgan fingerprint density at radius 3 is 2.33 bits per heavy atom. The lowest BCUT2D eigenvalue weighted by molar-refractivity contribution is 0.00602. The highest BCUT2D eigenvalue weighted by molar-refractivity contribution is 6.02. The fraction of sp³-hybridized carbons (Fsp3) is 0.562. The van der Waals surface area contributed by atoms with E-state index in [2.05, 4.69) is 19.1 Å². The van der Waals surface area contributed by atoms with Crippen molar-refractivity contribution in [2.75, 3.05) is 7.11 Å². The molecule has 0 atom stereocenters. The van der Waals surface area contributed by atoms with Crippen molar-refractivity contribution in [2.24, 2.45) is 0 Å². The molecule has 0 radical (unpaired) electrons. The van der Waals surface area contributed by atoms with Crippen molar-refractivity contribution in [1.82, 2.24) is 0 Å². The zero-order valence-electron chi connectivity index (χ0n) is 11.4. The van der Waals surface area contributed by atoms with Gasteiger partial charge in [-0.2, -0.15) is 0 Å². The minimum Gasteiger partial charge on any atom is -0.370 e. The van der Waals surface area contributed by atoms with Crippen molar-refractivity contribution in [3.05, 3.63) is 35.4 Å². The summed E-state index contributed by atoms with van der Waals surface area (Å²) in [4.78, 5) is 12.5. The number of methoxy groups -OCH3 is 1. The van der Waals surface area contributed by atoms with Crippen LogP contribution in [0.15, 0.2) is 24.3 Å². The van der Waals surface area contributed by atoms with Crippen LogP contribution >= 0.6 is 0 Å². The van der Waals surface area contributed by atoms with Crippen LogP contribution in [0.4, 0.5) is 0 Å². The van der Waals surface area contributed by atoms with Crippen LogP contribution in [0.25, 0.3) is 0 Å². The molecule has 2 nitrogen and oxygen atoms in total. The molecule has 1 aliphatic carbocycles. The molecule has 1 aliphatic rings. The molecule has 2 heteroatoms. The fourth-order valence-electron chi connectivity index (χ4n) is 2.84. The maximum Gasteiger partial charge on any atom is 0.194 e. The highest BCUT2D eigenvalue weighted by Gasteiger charge is 2.41. The van der Waals surface area contributed by atoms with Crippen molar-refractivity contribution in [3.63, 3.8) is 0 Å². The smallest absolute Gasteiger partial charge is 0.194 e. The number of carbonyl (C=O) groups excluding carboxylic acids is 1. The molecule has 0 heterocycles. The Labute approximate surface area is 109 Å². The molecule has 98 valence electrons. The van der Waals surface area contributed by atoms with E-state index >= 15 is 0 Å². The lowest BCUT2D eigenvalue weighted by Gasteiger charge is -2.25. The summed E-state index contributed by atoms with van der Waals surface area (Å²) >= 11 is 0. The van der Waals surface area contributed by atoms with E-state index in [9.17, 15) is 4.79 Å². The van der Waals surface area contributed by atoms with Crippen LogP contribution in [-0.2, 0) is 11.2 Å². The second-order valence-electron chi connectivity index (χ2n) is 5.18. The monoisotopic (exact) mass is 246 g/mol. The van der Waals surface area contributed by atoms with Crippen LogP contribution in [-0.4, -0.2) is 18.5 Å². The largest absolute Gasteiger partial charge is 0.370 e. The number of hydrogen-bond donors (Lipinski definition) is 0. The maximum absolute atomic E-state index is 12.5. The Balaban J connectivity index is 2.17. The van der Waals surface area contributed by atoms with Gasteiger partial charge in [0.1, 0.15) is 5.60 Å². The second-order valence-corrected chi connectivity index (χ2v) is 5.18. The first-order valence-electron chi connectivity index (χ1n) is 6.91. The Morgan fingerprint density at radius 2 is 1.83 bits per heavy atom. The topological polar surface area (TPSA) is 26.3 Å². The quantitative estimate of drug-likeness (QED) is 0.739. The van der Waals surface area contributed by atoms with E-state index in [4.69, 9.17) is 4.74 Å². The summed E-state index contributed by atoms with van der Waals surface area (Å²) in [6, 6.07) is 8.03. The number of ketones is 1. The summed E-state index contributed by atoms with van der Waals surface area (Å²) in [5, 5.41) is 0. The SMILES string of the molecule is CCCc1ccc(C(=O)C2(OC)CCCC2)cc1. The molecule has 0 N–H and O–H groups in total. The molecule has 2 rings (SSSR count). The highest BCUT2D eigenvalue weighted by Crippen LogP contribution is 2.35. The number of hydrogen-bond acceptors (Lipinski definition) is 2. The van der Waals surface area contributed by atoms with E-state index in [0.717, 1.165) is 44.1 Å². The van der Waals surface area contributed by atoms with E-state index in [1.165, 1.54) is 5.56 Å². The number of benzene rings is 1. The predicted molar refractivity (Wildman–Crippen MR) is 73.0 cm³/mol. The molecule has 1 aromatic rings. The molecule has 0 unspecified atom stereocenters. The first kappa shape index (κ1) is 13.3. The molecule has 0 amide bonds. The van der Waals surface area contributed by atoms with Gasteiger partial charge in [0.05, 0.1) is 0 Å². The van der Waals surface area contributed by atoms with Crippen LogP contribution in [0.2, 0.25) is 0 Å². The lowest BCUT2D eigenvalue weighted by atomic mass is 9.90. The Bertz CT molecular complexity index is 400. The normalized spacial score (nSPS) is 17.9. The van der Waals surface area contributed by atoms with E-state index in [0.29, 0.717) is 0 Å². The van der Waals surface area contributed by atoms with Gasteiger partial charge in [-0.25, -0.2) is 0 Å². The van der Waals surface area contributed by atoms with Crippen molar-refractivity contribution < 1.29 is 9.53 Å². The molecular formula is C16H22O2. The third-order valence-electron chi connectivity index (χ3n) is 3.97. The van der Waals surface area contributed by atoms with Crippen molar-refractivity contribution >= 4 is 5.78 Å². The molecule has 0 spiro atoms. The Kier molecular flexibility index (Phi) is 4.18. The van der Waals surface area contributed by atoms with Gasteiger partial charge in [0.15, 0.2) is 5.78 Å². The van der Waals surface area contributed by atoms with Gasteiger partial charge in [-0.15, -0.1) is 0 Å². The summed E-state index contributed by atoms with van der Waals surface area (Å²) in [7, 11) is 1.66. The standard InChI is InChI=1S/C16H22O2/c1-3-6-13-7-9-14(10-8-13)15(17)16(18-2)11-4-5-12-16/h7-10H,3-6,11-12H2,1-2H3. The lowest BCUT2D eigenvalue weighted by Crippen LogP contribution is -2.37. The van der Waals surface area contributed by atoms with Crippen LogP contribution < -0.4 is 0 Å². The van der Waals surface area contributed by atoms with Crippen molar-refractivity contribution in [3.8, 4) is 0 Å². The molecule has 18 heavy (non-hydrogen) atoms. The predicted octanol–water partition coefficient (Wildman–Crippen LogP) is 3.78. The summed E-state index contributed by atoms with van der Waals surface area (Å²) in [5.41, 5.74) is 1.54. The van der Waals surface area contributed by atoms with E-state index in [1.54, 1.807) is 7.11 Å². The fourth-order valence-corrected chi connectivity index (χ4v) is 2.84. The van der Waals surface area contributed by atoms with Gasteiger partial charge < -0.3 is 4.74 Å². The maximum atomic E-state index is 12.5. The van der Waals surface area contributed by atoms with Crippen LogP contribution in [0, 0.1) is 0 Å². The van der Waals surface area contributed by atoms with Crippen LogP contribution in [0.5, 0.6) is 0 Å². The number of aryl methyl sites for hydroxylation is 1. The second kappa shape index (κ2) is 5.66. The molecule has 0 aliphatic heterocycles. The van der Waals surface area contributed by atoms with Gasteiger partial charge in [0.25, 0.3) is 0 Å². The van der Waals surface area contributed by atoms with Crippen molar-refractivity contribution in [2.45, 2.75) is 51.0 Å². The Morgan fingerprint density at radius 1 is 1.22 bits per heavy atom. The molecule has 1 aromatic carbocycles. The van der Waals surface area contributed by atoms with Gasteiger partial charge in [-0.1, -0.05) is 37.6 Å². The molecular weight excluding hydrogens is 224 g/mol. The van der Waals surface area contributed by atoms with Gasteiger partial charge in [0.2, 0.25) is 0 Å². The van der Waals surface area contributed by atoms with Crippen LogP contribution in [0.1, 0.15) is 54.9 Å². The molecule has 1 fully saturated rings. The summed E-state index contributed by atoms with van der Waals surface area (Å²) in [5.74, 6) is 0.158. The van der Waals surface area contributed by atoms with Gasteiger partial charge >= 0.3 is 0 Å². The Hall–Kier alpha value is -1.15. The third kappa shape index (κ3) is 2.49. The molecule has 0 aromatic heterocycles. The minimum absolute atomic E-state index is 0.158. The van der Waals surface area contributed by atoms with Crippen LogP contribution in [0.3, 0.4) is 0 Å². The van der Waals surface area contributed by atoms with E-state index in [-0.39, 0.29) is 5.78 Å². The van der Waals surface area contributed by atoms with E-state index in [1.807, 2.05) is 12.1 Å². The van der Waals surface area contributed by atoms with Gasteiger partial charge in [-0.05, 0) is 37.7 Å². The number of Topliss-reactive ketones (excluding diaryl/α,β-unsaturated/α-hetero) is 1. The van der Waals surface area contributed by atoms with Gasteiger partial charge in [0, 0.05) is 12.7 Å². The minimum atomic E-state index is -0.549.